The minimum absolute atomic E-state index is 0.211. The third kappa shape index (κ3) is 4.81. The highest BCUT2D eigenvalue weighted by molar-refractivity contribution is 7.89. The third-order valence-electron chi connectivity index (χ3n) is 2.49. The highest BCUT2D eigenvalue weighted by Gasteiger charge is 2.17. The summed E-state index contributed by atoms with van der Waals surface area (Å²) in [6, 6.07) is 6.68. The summed E-state index contributed by atoms with van der Waals surface area (Å²) in [4.78, 5) is 0.268. The van der Waals surface area contributed by atoms with E-state index in [1.165, 1.54) is 0 Å². The van der Waals surface area contributed by atoms with Gasteiger partial charge in [-0.05, 0) is 38.1 Å². The fourth-order valence-corrected chi connectivity index (χ4v) is 2.82. The van der Waals surface area contributed by atoms with Crippen molar-refractivity contribution in [2.75, 3.05) is 25.6 Å². The Balaban J connectivity index is 2.83. The average Bonchev–Trinajstić information content (AvgIpc) is 2.28. The molecule has 0 aliphatic carbocycles. The number of ether oxygens (including phenoxy) is 1. The smallest absolute Gasteiger partial charge is 0.240 e. The molecule has 6 heteroatoms. The van der Waals surface area contributed by atoms with Crippen LogP contribution in [-0.4, -0.2) is 34.2 Å². The number of benzene rings is 1. The number of hydrogen-bond donors (Lipinski definition) is 2. The van der Waals surface area contributed by atoms with E-state index in [1.54, 1.807) is 38.3 Å². The van der Waals surface area contributed by atoms with Crippen molar-refractivity contribution in [2.24, 2.45) is 0 Å². The molecule has 1 aromatic rings. The first-order valence-corrected chi connectivity index (χ1v) is 7.66. The SMILES string of the molecule is CCNS(=O)(=O)c1ccc(NC(C)(C)COC)cc1. The van der Waals surface area contributed by atoms with Crippen LogP contribution in [0.25, 0.3) is 0 Å². The fraction of sp³-hybridized carbons (Fsp3) is 0.538. The first kappa shape index (κ1) is 15.9. The van der Waals surface area contributed by atoms with Crippen LogP contribution in [0.4, 0.5) is 5.69 Å². The molecule has 0 saturated carbocycles. The number of sulfonamides is 1. The summed E-state index contributed by atoms with van der Waals surface area (Å²) in [7, 11) is -1.74. The molecule has 2 N–H and O–H groups in total. The van der Waals surface area contributed by atoms with Crippen LogP contribution in [0.5, 0.6) is 0 Å². The Bertz CT molecular complexity index is 495. The number of nitrogens with one attached hydrogen (secondary N) is 2. The maximum atomic E-state index is 11.8. The topological polar surface area (TPSA) is 67.4 Å². The number of rotatable bonds is 7. The second-order valence-corrected chi connectivity index (χ2v) is 6.73. The van der Waals surface area contributed by atoms with Crippen molar-refractivity contribution in [1.29, 1.82) is 0 Å². The van der Waals surface area contributed by atoms with Gasteiger partial charge in [0.2, 0.25) is 10.0 Å². The Kier molecular flexibility index (Phi) is 5.34. The van der Waals surface area contributed by atoms with Gasteiger partial charge in [0.05, 0.1) is 17.0 Å². The molecule has 0 aliphatic rings. The monoisotopic (exact) mass is 286 g/mol. The second-order valence-electron chi connectivity index (χ2n) is 4.97. The van der Waals surface area contributed by atoms with Crippen LogP contribution in [0.15, 0.2) is 29.2 Å². The van der Waals surface area contributed by atoms with Crippen LogP contribution in [0.3, 0.4) is 0 Å². The molecule has 0 spiro atoms. The van der Waals surface area contributed by atoms with Gasteiger partial charge in [0.25, 0.3) is 0 Å². The second kappa shape index (κ2) is 6.36. The van der Waals surface area contributed by atoms with Crippen molar-refractivity contribution in [3.05, 3.63) is 24.3 Å². The first-order chi connectivity index (χ1) is 8.80. The molecule has 1 aromatic carbocycles. The van der Waals surface area contributed by atoms with E-state index in [0.717, 1.165) is 5.69 Å². The summed E-state index contributed by atoms with van der Waals surface area (Å²) >= 11 is 0. The Morgan fingerprint density at radius 3 is 2.26 bits per heavy atom. The van der Waals surface area contributed by atoms with Gasteiger partial charge in [-0.2, -0.15) is 0 Å². The van der Waals surface area contributed by atoms with Gasteiger partial charge in [0, 0.05) is 19.3 Å². The molecule has 1 rings (SSSR count). The van der Waals surface area contributed by atoms with Crippen LogP contribution in [0.1, 0.15) is 20.8 Å². The minimum Gasteiger partial charge on any atom is -0.382 e. The zero-order valence-electron chi connectivity index (χ0n) is 11.9. The Morgan fingerprint density at radius 2 is 1.79 bits per heavy atom. The lowest BCUT2D eigenvalue weighted by Gasteiger charge is -2.26. The highest BCUT2D eigenvalue weighted by Crippen LogP contribution is 2.18. The molecule has 0 unspecified atom stereocenters. The van der Waals surface area contributed by atoms with Gasteiger partial charge in [-0.3, -0.25) is 0 Å². The molecule has 0 heterocycles. The largest absolute Gasteiger partial charge is 0.382 e. The lowest BCUT2D eigenvalue weighted by atomic mass is 10.1. The van der Waals surface area contributed by atoms with Crippen LogP contribution in [0.2, 0.25) is 0 Å². The zero-order chi connectivity index (χ0) is 14.5. The highest BCUT2D eigenvalue weighted by atomic mass is 32.2. The summed E-state index contributed by atoms with van der Waals surface area (Å²) in [6.45, 7) is 6.72. The quantitative estimate of drug-likeness (QED) is 0.802. The van der Waals surface area contributed by atoms with Crippen LogP contribution < -0.4 is 10.0 Å². The van der Waals surface area contributed by atoms with Crippen molar-refractivity contribution < 1.29 is 13.2 Å². The van der Waals surface area contributed by atoms with Crippen molar-refractivity contribution in [3.63, 3.8) is 0 Å². The van der Waals surface area contributed by atoms with Crippen molar-refractivity contribution in [1.82, 2.24) is 4.72 Å². The maximum Gasteiger partial charge on any atom is 0.240 e. The van der Waals surface area contributed by atoms with E-state index in [2.05, 4.69) is 10.0 Å². The van der Waals surface area contributed by atoms with Gasteiger partial charge in [-0.25, -0.2) is 13.1 Å². The van der Waals surface area contributed by atoms with E-state index in [-0.39, 0.29) is 10.4 Å². The standard InChI is InChI=1S/C13H22N2O3S/c1-5-14-19(16,17)12-8-6-11(7-9-12)15-13(2,3)10-18-4/h6-9,14-15H,5,10H2,1-4H3. The number of hydrogen-bond acceptors (Lipinski definition) is 4. The van der Waals surface area contributed by atoms with Crippen molar-refractivity contribution >= 4 is 15.7 Å². The van der Waals surface area contributed by atoms with E-state index in [4.69, 9.17) is 4.74 Å². The summed E-state index contributed by atoms with van der Waals surface area (Å²) in [6.07, 6.45) is 0. The predicted molar refractivity (Wildman–Crippen MR) is 76.9 cm³/mol. The van der Waals surface area contributed by atoms with Gasteiger partial charge >= 0.3 is 0 Å². The van der Waals surface area contributed by atoms with Crippen LogP contribution >= 0.6 is 0 Å². The van der Waals surface area contributed by atoms with Gasteiger partial charge in [-0.1, -0.05) is 6.92 Å². The molecule has 0 aromatic heterocycles. The van der Waals surface area contributed by atoms with E-state index >= 15 is 0 Å². The summed E-state index contributed by atoms with van der Waals surface area (Å²) in [5.41, 5.74) is 0.647. The average molecular weight is 286 g/mol. The van der Waals surface area contributed by atoms with Gasteiger partial charge in [0.15, 0.2) is 0 Å². The molecule has 0 fully saturated rings. The van der Waals surface area contributed by atoms with Crippen molar-refractivity contribution in [2.45, 2.75) is 31.2 Å². The normalized spacial score (nSPS) is 12.4. The molecule has 0 aliphatic heterocycles. The lowest BCUT2D eigenvalue weighted by molar-refractivity contribution is 0.158. The lowest BCUT2D eigenvalue weighted by Crippen LogP contribution is -2.35. The van der Waals surface area contributed by atoms with Crippen LogP contribution in [0, 0.1) is 0 Å². The van der Waals surface area contributed by atoms with E-state index in [1.807, 2.05) is 13.8 Å². The molecule has 0 atom stereocenters. The van der Waals surface area contributed by atoms with Gasteiger partial charge in [-0.15, -0.1) is 0 Å². The van der Waals surface area contributed by atoms with Gasteiger partial charge in [0.1, 0.15) is 0 Å². The van der Waals surface area contributed by atoms with Crippen LogP contribution in [-0.2, 0) is 14.8 Å². The molecule has 0 amide bonds. The molecule has 0 saturated heterocycles. The number of anilines is 1. The molecular weight excluding hydrogens is 264 g/mol. The predicted octanol–water partition coefficient (Wildman–Crippen LogP) is 1.82. The van der Waals surface area contributed by atoms with E-state index in [0.29, 0.717) is 13.2 Å². The first-order valence-electron chi connectivity index (χ1n) is 6.17. The molecule has 0 bridgehead atoms. The van der Waals surface area contributed by atoms with Crippen molar-refractivity contribution in [3.8, 4) is 0 Å². The van der Waals surface area contributed by atoms with Gasteiger partial charge < -0.3 is 10.1 Å². The molecule has 0 radical (unpaired) electrons. The minimum atomic E-state index is -3.38. The fourth-order valence-electron chi connectivity index (χ4n) is 1.78. The Morgan fingerprint density at radius 1 is 1.21 bits per heavy atom. The van der Waals surface area contributed by atoms with E-state index < -0.39 is 10.0 Å². The Hall–Kier alpha value is -1.11. The summed E-state index contributed by atoms with van der Waals surface area (Å²) in [5, 5.41) is 3.29. The summed E-state index contributed by atoms with van der Waals surface area (Å²) < 4.78 is 31.1. The maximum absolute atomic E-state index is 11.8. The third-order valence-corrected chi connectivity index (χ3v) is 4.05. The molecule has 5 nitrogen and oxygen atoms in total. The Labute approximate surface area is 115 Å². The zero-order valence-corrected chi connectivity index (χ0v) is 12.7. The van der Waals surface area contributed by atoms with E-state index in [9.17, 15) is 8.42 Å². The molecule has 19 heavy (non-hydrogen) atoms. The summed E-state index contributed by atoms with van der Waals surface area (Å²) in [5.74, 6) is 0. The number of methoxy groups -OCH3 is 1. The molecular formula is C13H22N2O3S. The molecule has 108 valence electrons.